The van der Waals surface area contributed by atoms with E-state index in [0.29, 0.717) is 25.4 Å². The van der Waals surface area contributed by atoms with Gasteiger partial charge in [0.15, 0.2) is 0 Å². The summed E-state index contributed by atoms with van der Waals surface area (Å²) in [5.74, 6) is 0.407. The Labute approximate surface area is 156 Å². The van der Waals surface area contributed by atoms with Gasteiger partial charge in [-0.05, 0) is 38.3 Å². The largest absolute Gasteiger partial charge is 0.342 e. The normalized spacial score (nSPS) is 21.3. The molecule has 2 aliphatic heterocycles. The lowest BCUT2D eigenvalue weighted by Crippen LogP contribution is -2.49. The summed E-state index contributed by atoms with van der Waals surface area (Å²) in [6, 6.07) is 10.9. The second kappa shape index (κ2) is 9.17. The van der Waals surface area contributed by atoms with Gasteiger partial charge in [-0.25, -0.2) is 0 Å². The zero-order chi connectivity index (χ0) is 18.4. The molecule has 2 amide bonds. The molecule has 2 aliphatic rings. The van der Waals surface area contributed by atoms with Crippen molar-refractivity contribution in [3.05, 3.63) is 35.9 Å². The van der Waals surface area contributed by atoms with Crippen LogP contribution in [0.15, 0.2) is 30.3 Å². The quantitative estimate of drug-likeness (QED) is 0.786. The molecular formula is C21H31N3O2. The predicted octanol–water partition coefficient (Wildman–Crippen LogP) is 2.51. The molecule has 1 unspecified atom stereocenters. The maximum absolute atomic E-state index is 12.6. The van der Waals surface area contributed by atoms with Gasteiger partial charge in [-0.1, -0.05) is 30.3 Å². The zero-order valence-corrected chi connectivity index (χ0v) is 15.9. The van der Waals surface area contributed by atoms with Gasteiger partial charge in [-0.2, -0.15) is 0 Å². The van der Waals surface area contributed by atoms with Crippen LogP contribution in [0, 0.1) is 0 Å². The molecule has 26 heavy (non-hydrogen) atoms. The van der Waals surface area contributed by atoms with E-state index in [0.717, 1.165) is 51.9 Å². The van der Waals surface area contributed by atoms with Gasteiger partial charge in [-0.15, -0.1) is 0 Å². The zero-order valence-electron chi connectivity index (χ0n) is 15.9. The first-order valence-corrected chi connectivity index (χ1v) is 9.93. The monoisotopic (exact) mass is 357 g/mol. The number of hydrogen-bond donors (Lipinski definition) is 0. The van der Waals surface area contributed by atoms with Crippen molar-refractivity contribution in [2.45, 2.75) is 51.1 Å². The van der Waals surface area contributed by atoms with E-state index < -0.39 is 0 Å². The second-order valence-electron chi connectivity index (χ2n) is 7.62. The Kier molecular flexibility index (Phi) is 6.67. The fourth-order valence-electron chi connectivity index (χ4n) is 4.03. The number of hydrogen-bond acceptors (Lipinski definition) is 3. The number of piperidine rings is 2. The summed E-state index contributed by atoms with van der Waals surface area (Å²) < 4.78 is 0. The van der Waals surface area contributed by atoms with E-state index in [1.807, 2.05) is 15.9 Å². The number of benzene rings is 1. The SMILES string of the molecule is CN(Cc1ccccc1)C1CCCN(C(=O)CCN2CCCCC2=O)C1. The van der Waals surface area contributed by atoms with Gasteiger partial charge in [-0.3, -0.25) is 14.5 Å². The highest BCUT2D eigenvalue weighted by Gasteiger charge is 2.27. The second-order valence-corrected chi connectivity index (χ2v) is 7.62. The van der Waals surface area contributed by atoms with Crippen molar-refractivity contribution >= 4 is 11.8 Å². The Morgan fingerprint density at radius 2 is 1.96 bits per heavy atom. The van der Waals surface area contributed by atoms with E-state index in [1.165, 1.54) is 5.56 Å². The maximum atomic E-state index is 12.6. The van der Waals surface area contributed by atoms with Gasteiger partial charge in [0.1, 0.15) is 0 Å². The van der Waals surface area contributed by atoms with Crippen LogP contribution in [0.2, 0.25) is 0 Å². The van der Waals surface area contributed by atoms with Crippen LogP contribution in [-0.2, 0) is 16.1 Å². The van der Waals surface area contributed by atoms with Crippen molar-refractivity contribution in [1.29, 1.82) is 0 Å². The summed E-state index contributed by atoms with van der Waals surface area (Å²) in [6.45, 7) is 3.96. The number of rotatable bonds is 6. The van der Waals surface area contributed by atoms with E-state index >= 15 is 0 Å². The van der Waals surface area contributed by atoms with Crippen molar-refractivity contribution in [1.82, 2.24) is 14.7 Å². The van der Waals surface area contributed by atoms with Crippen molar-refractivity contribution in [3.8, 4) is 0 Å². The van der Waals surface area contributed by atoms with Gasteiger partial charge in [0.05, 0.1) is 0 Å². The van der Waals surface area contributed by atoms with Crippen LogP contribution in [0.3, 0.4) is 0 Å². The summed E-state index contributed by atoms with van der Waals surface area (Å²) >= 11 is 0. The molecule has 0 radical (unpaired) electrons. The van der Waals surface area contributed by atoms with Crippen molar-refractivity contribution in [3.63, 3.8) is 0 Å². The molecule has 0 bridgehead atoms. The molecule has 2 saturated heterocycles. The Balaban J connectivity index is 1.47. The third-order valence-electron chi connectivity index (χ3n) is 5.66. The Bertz CT molecular complexity index is 605. The highest BCUT2D eigenvalue weighted by atomic mass is 16.2. The van der Waals surface area contributed by atoms with Crippen molar-refractivity contribution < 1.29 is 9.59 Å². The lowest BCUT2D eigenvalue weighted by molar-refractivity contribution is -0.136. The molecule has 0 spiro atoms. The number of likely N-dealkylation sites (N-methyl/N-ethyl adjacent to an activating group) is 1. The van der Waals surface area contributed by atoms with Gasteiger partial charge in [0.2, 0.25) is 11.8 Å². The van der Waals surface area contributed by atoms with Crippen LogP contribution < -0.4 is 0 Å². The molecule has 0 saturated carbocycles. The van der Waals surface area contributed by atoms with E-state index in [1.54, 1.807) is 0 Å². The van der Waals surface area contributed by atoms with Crippen LogP contribution >= 0.6 is 0 Å². The fraction of sp³-hybridized carbons (Fsp3) is 0.619. The number of likely N-dealkylation sites (tertiary alicyclic amines) is 2. The Morgan fingerprint density at radius 3 is 2.73 bits per heavy atom. The van der Waals surface area contributed by atoms with Crippen LogP contribution in [0.5, 0.6) is 0 Å². The summed E-state index contributed by atoms with van der Waals surface area (Å²) in [6.07, 6.45) is 5.35. The minimum atomic E-state index is 0.196. The van der Waals surface area contributed by atoms with Crippen molar-refractivity contribution in [2.24, 2.45) is 0 Å². The van der Waals surface area contributed by atoms with Crippen LogP contribution in [-0.4, -0.2) is 65.8 Å². The topological polar surface area (TPSA) is 43.9 Å². The molecule has 0 aromatic heterocycles. The van der Waals surface area contributed by atoms with E-state index in [9.17, 15) is 9.59 Å². The molecular weight excluding hydrogens is 326 g/mol. The Hall–Kier alpha value is -1.88. The lowest BCUT2D eigenvalue weighted by atomic mass is 10.0. The summed E-state index contributed by atoms with van der Waals surface area (Å²) in [5.41, 5.74) is 1.31. The molecule has 2 heterocycles. The van der Waals surface area contributed by atoms with E-state index in [-0.39, 0.29) is 11.8 Å². The van der Waals surface area contributed by atoms with Crippen LogP contribution in [0.25, 0.3) is 0 Å². The maximum Gasteiger partial charge on any atom is 0.224 e. The molecule has 0 N–H and O–H groups in total. The van der Waals surface area contributed by atoms with Gasteiger partial charge in [0.25, 0.3) is 0 Å². The number of carbonyl (C=O) groups excluding carboxylic acids is 2. The van der Waals surface area contributed by atoms with E-state index in [2.05, 4.69) is 36.2 Å². The number of carbonyl (C=O) groups is 2. The Morgan fingerprint density at radius 1 is 1.15 bits per heavy atom. The van der Waals surface area contributed by atoms with Gasteiger partial charge in [0, 0.05) is 51.6 Å². The molecule has 3 rings (SSSR count). The van der Waals surface area contributed by atoms with Gasteiger partial charge < -0.3 is 9.80 Å². The molecule has 0 aliphatic carbocycles. The minimum Gasteiger partial charge on any atom is -0.342 e. The lowest BCUT2D eigenvalue weighted by Gasteiger charge is -2.38. The average molecular weight is 357 g/mol. The van der Waals surface area contributed by atoms with Crippen molar-refractivity contribution in [2.75, 3.05) is 33.2 Å². The standard InChI is InChI=1S/C21H31N3O2/c1-22(16-18-8-3-2-4-9-18)19-10-7-14-24(17-19)21(26)12-15-23-13-6-5-11-20(23)25/h2-4,8-9,19H,5-7,10-17H2,1H3. The highest BCUT2D eigenvalue weighted by molar-refractivity contribution is 5.79. The van der Waals surface area contributed by atoms with E-state index in [4.69, 9.17) is 0 Å². The summed E-state index contributed by atoms with van der Waals surface area (Å²) in [7, 11) is 2.15. The smallest absolute Gasteiger partial charge is 0.224 e. The summed E-state index contributed by atoms with van der Waals surface area (Å²) in [4.78, 5) is 30.8. The molecule has 1 atom stereocenters. The molecule has 5 nitrogen and oxygen atoms in total. The van der Waals surface area contributed by atoms with Crippen LogP contribution in [0.1, 0.15) is 44.1 Å². The number of nitrogens with zero attached hydrogens (tertiary/aromatic N) is 3. The molecule has 142 valence electrons. The summed E-state index contributed by atoms with van der Waals surface area (Å²) in [5, 5.41) is 0. The third kappa shape index (κ3) is 5.07. The third-order valence-corrected chi connectivity index (χ3v) is 5.66. The average Bonchev–Trinajstić information content (AvgIpc) is 2.68. The fourth-order valence-corrected chi connectivity index (χ4v) is 4.03. The van der Waals surface area contributed by atoms with Crippen LogP contribution in [0.4, 0.5) is 0 Å². The molecule has 2 fully saturated rings. The molecule has 1 aromatic rings. The molecule has 5 heteroatoms. The first-order valence-electron chi connectivity index (χ1n) is 9.93. The predicted molar refractivity (Wildman–Crippen MR) is 103 cm³/mol. The molecule has 1 aromatic carbocycles. The number of amides is 2. The first-order chi connectivity index (χ1) is 12.6. The van der Waals surface area contributed by atoms with Gasteiger partial charge >= 0.3 is 0 Å². The minimum absolute atomic E-state index is 0.196. The highest BCUT2D eigenvalue weighted by Crippen LogP contribution is 2.18. The first kappa shape index (κ1) is 18.9.